The Balaban J connectivity index is 1.53. The van der Waals surface area contributed by atoms with Gasteiger partial charge in [-0.25, -0.2) is 13.8 Å². The second kappa shape index (κ2) is 10.7. The Bertz CT molecular complexity index is 865. The number of methoxy groups -OCH3 is 1. The molecule has 0 radical (unpaired) electrons. The summed E-state index contributed by atoms with van der Waals surface area (Å²) in [6.07, 6.45) is 2.50. The fourth-order valence-electron chi connectivity index (χ4n) is 3.31. The molecule has 1 saturated heterocycles. The van der Waals surface area contributed by atoms with Crippen molar-refractivity contribution in [1.29, 1.82) is 0 Å². The molecule has 1 fully saturated rings. The molecule has 0 saturated carbocycles. The summed E-state index contributed by atoms with van der Waals surface area (Å²) in [5.41, 5.74) is 1.31. The van der Waals surface area contributed by atoms with Crippen LogP contribution in [0.3, 0.4) is 0 Å². The number of rotatable bonds is 8. The van der Waals surface area contributed by atoms with Crippen molar-refractivity contribution in [2.45, 2.75) is 19.0 Å². The summed E-state index contributed by atoms with van der Waals surface area (Å²) in [4.78, 5) is 10.4. The zero-order chi connectivity index (χ0) is 21.3. The van der Waals surface area contributed by atoms with Gasteiger partial charge in [-0.15, -0.1) is 0 Å². The van der Waals surface area contributed by atoms with Crippen LogP contribution in [-0.4, -0.2) is 57.4 Å². The van der Waals surface area contributed by atoms with Crippen LogP contribution in [0.5, 0.6) is 5.88 Å². The lowest BCUT2D eigenvalue weighted by molar-refractivity contribution is 0.143. The maximum Gasteiger partial charge on any atom is 0.218 e. The molecule has 2 N–H and O–H groups in total. The zero-order valence-electron chi connectivity index (χ0n) is 17.2. The molecule has 1 aromatic heterocycles. The van der Waals surface area contributed by atoms with Crippen LogP contribution in [0.25, 0.3) is 0 Å². The normalized spacial score (nSPS) is 16.6. The number of pyridine rings is 1. The smallest absolute Gasteiger partial charge is 0.218 e. The number of aliphatic imine (C=N–C) groups is 1. The quantitative estimate of drug-likeness (QED) is 0.389. The van der Waals surface area contributed by atoms with Crippen molar-refractivity contribution >= 4 is 11.6 Å². The van der Waals surface area contributed by atoms with Gasteiger partial charge in [0.15, 0.2) is 5.96 Å². The van der Waals surface area contributed by atoms with Gasteiger partial charge in [-0.2, -0.15) is 0 Å². The molecule has 1 unspecified atom stereocenters. The van der Waals surface area contributed by atoms with E-state index in [1.807, 2.05) is 17.0 Å². The molecular weight excluding hydrogens is 392 g/mol. The Morgan fingerprint density at radius 3 is 2.93 bits per heavy atom. The van der Waals surface area contributed by atoms with E-state index in [0.717, 1.165) is 18.1 Å². The van der Waals surface area contributed by atoms with E-state index in [4.69, 9.17) is 9.47 Å². The predicted octanol–water partition coefficient (Wildman–Crippen LogP) is 2.33. The average molecular weight is 419 g/mol. The minimum Gasteiger partial charge on any atom is -0.475 e. The summed E-state index contributed by atoms with van der Waals surface area (Å²) in [7, 11) is 3.31. The van der Waals surface area contributed by atoms with E-state index in [1.165, 1.54) is 12.1 Å². The van der Waals surface area contributed by atoms with Gasteiger partial charge in [0.2, 0.25) is 5.88 Å². The fraction of sp³-hybridized carbons (Fsp3) is 0.429. The predicted molar refractivity (Wildman–Crippen MR) is 112 cm³/mol. The van der Waals surface area contributed by atoms with Crippen molar-refractivity contribution in [3.63, 3.8) is 0 Å². The van der Waals surface area contributed by atoms with E-state index >= 15 is 0 Å². The van der Waals surface area contributed by atoms with Gasteiger partial charge in [0.1, 0.15) is 18.2 Å². The third-order valence-corrected chi connectivity index (χ3v) is 4.83. The van der Waals surface area contributed by atoms with Crippen LogP contribution < -0.4 is 20.3 Å². The summed E-state index contributed by atoms with van der Waals surface area (Å²) >= 11 is 0. The van der Waals surface area contributed by atoms with E-state index in [2.05, 4.69) is 20.6 Å². The number of hydrogen-bond acceptors (Lipinski definition) is 5. The second-order valence-corrected chi connectivity index (χ2v) is 6.91. The number of nitrogens with zero attached hydrogens (tertiary/aromatic N) is 3. The van der Waals surface area contributed by atoms with Gasteiger partial charge in [0.25, 0.3) is 0 Å². The topological polar surface area (TPSA) is 71.0 Å². The van der Waals surface area contributed by atoms with Gasteiger partial charge in [0.05, 0.1) is 12.3 Å². The minimum absolute atomic E-state index is 0.0898. The zero-order valence-corrected chi connectivity index (χ0v) is 17.2. The number of anilines is 1. The Kier molecular flexibility index (Phi) is 7.78. The number of aromatic nitrogens is 1. The van der Waals surface area contributed by atoms with E-state index in [0.29, 0.717) is 50.4 Å². The molecule has 1 atom stereocenters. The Labute approximate surface area is 175 Å². The number of benzene rings is 1. The number of guanidine groups is 1. The lowest BCUT2D eigenvalue weighted by atomic mass is 10.2. The van der Waals surface area contributed by atoms with Gasteiger partial charge in [-0.1, -0.05) is 6.07 Å². The second-order valence-electron chi connectivity index (χ2n) is 6.91. The SMILES string of the molecule is CN=C(NCc1cccnc1OCCOC)NC1CCN(c2ccc(F)cc2F)C1. The van der Waals surface area contributed by atoms with E-state index in [9.17, 15) is 8.78 Å². The molecule has 7 nitrogen and oxygen atoms in total. The van der Waals surface area contributed by atoms with Crippen molar-refractivity contribution in [3.8, 4) is 5.88 Å². The highest BCUT2D eigenvalue weighted by Gasteiger charge is 2.25. The maximum absolute atomic E-state index is 14.1. The molecule has 0 aliphatic carbocycles. The van der Waals surface area contributed by atoms with E-state index in [1.54, 1.807) is 20.4 Å². The number of ether oxygens (including phenoxy) is 2. The van der Waals surface area contributed by atoms with Crippen LogP contribution >= 0.6 is 0 Å². The van der Waals surface area contributed by atoms with E-state index in [-0.39, 0.29) is 6.04 Å². The molecule has 2 aromatic rings. The number of hydrogen-bond donors (Lipinski definition) is 2. The molecule has 2 heterocycles. The van der Waals surface area contributed by atoms with Crippen molar-refractivity contribution in [1.82, 2.24) is 15.6 Å². The molecule has 1 aliphatic rings. The molecule has 3 rings (SSSR count). The van der Waals surface area contributed by atoms with Gasteiger partial charge in [0, 0.05) is 57.7 Å². The first-order valence-corrected chi connectivity index (χ1v) is 9.83. The molecule has 0 spiro atoms. The summed E-state index contributed by atoms with van der Waals surface area (Å²) in [5, 5.41) is 6.62. The first-order valence-electron chi connectivity index (χ1n) is 9.83. The third-order valence-electron chi connectivity index (χ3n) is 4.83. The lowest BCUT2D eigenvalue weighted by Gasteiger charge is -2.21. The Morgan fingerprint density at radius 1 is 1.30 bits per heavy atom. The highest BCUT2D eigenvalue weighted by molar-refractivity contribution is 5.80. The maximum atomic E-state index is 14.1. The van der Waals surface area contributed by atoms with Gasteiger partial charge >= 0.3 is 0 Å². The summed E-state index contributed by atoms with van der Waals surface area (Å²) in [6.45, 7) is 2.67. The Hall–Kier alpha value is -2.94. The molecule has 1 aliphatic heterocycles. The average Bonchev–Trinajstić information content (AvgIpc) is 3.20. The molecule has 1 aromatic carbocycles. The molecule has 0 bridgehead atoms. The monoisotopic (exact) mass is 419 g/mol. The minimum atomic E-state index is -0.573. The largest absolute Gasteiger partial charge is 0.475 e. The van der Waals surface area contributed by atoms with Crippen LogP contribution in [0.4, 0.5) is 14.5 Å². The summed E-state index contributed by atoms with van der Waals surface area (Å²) in [5.74, 6) is 0.0656. The molecule has 9 heteroatoms. The first kappa shape index (κ1) is 21.8. The molecule has 162 valence electrons. The van der Waals surface area contributed by atoms with Gasteiger partial charge in [-0.05, 0) is 24.6 Å². The van der Waals surface area contributed by atoms with Crippen LogP contribution in [0, 0.1) is 11.6 Å². The molecule has 30 heavy (non-hydrogen) atoms. The number of halogens is 2. The highest BCUT2D eigenvalue weighted by atomic mass is 19.1. The summed E-state index contributed by atoms with van der Waals surface area (Å²) < 4.78 is 37.9. The number of nitrogens with one attached hydrogen (secondary N) is 2. The van der Waals surface area contributed by atoms with Crippen LogP contribution in [0.15, 0.2) is 41.5 Å². The van der Waals surface area contributed by atoms with Gasteiger partial charge < -0.3 is 25.0 Å². The van der Waals surface area contributed by atoms with E-state index < -0.39 is 11.6 Å². The standard InChI is InChI=1S/C21H27F2N5O2/c1-24-21(26-13-15-4-3-8-25-20(15)30-11-10-29-2)27-17-7-9-28(14-17)19-6-5-16(22)12-18(19)23/h3-6,8,12,17H,7,9-11,13-14H2,1-2H3,(H2,24,26,27). The van der Waals surface area contributed by atoms with Crippen molar-refractivity contribution in [2.75, 3.05) is 45.4 Å². The fourth-order valence-corrected chi connectivity index (χ4v) is 3.31. The highest BCUT2D eigenvalue weighted by Crippen LogP contribution is 2.24. The first-order chi connectivity index (χ1) is 14.6. The Morgan fingerprint density at radius 2 is 2.17 bits per heavy atom. The molecular formula is C21H27F2N5O2. The third kappa shape index (κ3) is 5.79. The van der Waals surface area contributed by atoms with Crippen molar-refractivity contribution in [3.05, 3.63) is 53.7 Å². The summed E-state index contributed by atoms with van der Waals surface area (Å²) in [6, 6.07) is 7.54. The van der Waals surface area contributed by atoms with Crippen LogP contribution in [-0.2, 0) is 11.3 Å². The van der Waals surface area contributed by atoms with Crippen molar-refractivity contribution in [2.24, 2.45) is 4.99 Å². The van der Waals surface area contributed by atoms with Crippen LogP contribution in [0.2, 0.25) is 0 Å². The van der Waals surface area contributed by atoms with Gasteiger partial charge in [-0.3, -0.25) is 4.99 Å². The van der Waals surface area contributed by atoms with Crippen LogP contribution in [0.1, 0.15) is 12.0 Å². The lowest BCUT2D eigenvalue weighted by Crippen LogP contribution is -2.44. The molecule has 0 amide bonds. The van der Waals surface area contributed by atoms with Crippen molar-refractivity contribution < 1.29 is 18.3 Å².